The van der Waals surface area contributed by atoms with E-state index in [4.69, 9.17) is 0 Å². The molecule has 0 aromatic heterocycles. The monoisotopic (exact) mass is 252 g/mol. The minimum atomic E-state index is 0.171. The summed E-state index contributed by atoms with van der Waals surface area (Å²) in [5.41, 5.74) is 0. The Morgan fingerprint density at radius 2 is 1.50 bits per heavy atom. The fourth-order valence-electron chi connectivity index (χ4n) is 2.88. The Morgan fingerprint density at radius 1 is 0.944 bits per heavy atom. The molecule has 1 amide bonds. The Labute approximate surface area is 111 Å². The maximum Gasteiger partial charge on any atom is 0.233 e. The second kappa shape index (κ2) is 7.13. The molecule has 0 unspecified atom stereocenters. The second-order valence-electron chi connectivity index (χ2n) is 6.17. The Bertz CT molecular complexity index is 255. The minimum absolute atomic E-state index is 0.171. The fraction of sp³-hybridized carbons (Fsp3) is 0.933. The molecule has 3 nitrogen and oxygen atoms in total. The van der Waals surface area contributed by atoms with Gasteiger partial charge in [0.1, 0.15) is 0 Å². The van der Waals surface area contributed by atoms with Crippen LogP contribution in [0.25, 0.3) is 0 Å². The van der Waals surface area contributed by atoms with Gasteiger partial charge in [-0.25, -0.2) is 0 Å². The lowest BCUT2D eigenvalue weighted by atomic mass is 9.81. The summed E-state index contributed by atoms with van der Waals surface area (Å²) in [7, 11) is 0. The van der Waals surface area contributed by atoms with E-state index in [1.807, 2.05) is 0 Å². The molecule has 3 heteroatoms. The van der Waals surface area contributed by atoms with Gasteiger partial charge in [0.25, 0.3) is 0 Å². The van der Waals surface area contributed by atoms with Gasteiger partial charge in [-0.15, -0.1) is 0 Å². The first-order chi connectivity index (χ1) is 8.78. The molecule has 2 N–H and O–H groups in total. The lowest BCUT2D eigenvalue weighted by Gasteiger charge is -2.27. The van der Waals surface area contributed by atoms with Crippen LogP contribution in [0.2, 0.25) is 0 Å². The third kappa shape index (κ3) is 4.97. The molecule has 18 heavy (non-hydrogen) atoms. The van der Waals surface area contributed by atoms with Crippen molar-refractivity contribution < 1.29 is 4.79 Å². The summed E-state index contributed by atoms with van der Waals surface area (Å²) < 4.78 is 0. The highest BCUT2D eigenvalue weighted by atomic mass is 16.1. The maximum absolute atomic E-state index is 11.5. The summed E-state index contributed by atoms with van der Waals surface area (Å²) >= 11 is 0. The topological polar surface area (TPSA) is 41.1 Å². The van der Waals surface area contributed by atoms with E-state index in [1.165, 1.54) is 44.9 Å². The van der Waals surface area contributed by atoms with Gasteiger partial charge in [-0.2, -0.15) is 0 Å². The zero-order valence-corrected chi connectivity index (χ0v) is 11.7. The van der Waals surface area contributed by atoms with Crippen molar-refractivity contribution in [3.63, 3.8) is 0 Å². The number of carbonyl (C=O) groups is 1. The van der Waals surface area contributed by atoms with Crippen molar-refractivity contribution in [1.82, 2.24) is 10.6 Å². The summed E-state index contributed by atoms with van der Waals surface area (Å²) in [5, 5.41) is 6.32. The smallest absolute Gasteiger partial charge is 0.233 e. The molecular formula is C15H28N2O. The third-order valence-corrected chi connectivity index (χ3v) is 4.55. The van der Waals surface area contributed by atoms with E-state index in [-0.39, 0.29) is 5.91 Å². The average Bonchev–Trinajstić information content (AvgIpc) is 3.21. The van der Waals surface area contributed by atoms with Gasteiger partial charge in [-0.3, -0.25) is 4.79 Å². The first-order valence-electron chi connectivity index (χ1n) is 7.75. The highest BCUT2D eigenvalue weighted by Crippen LogP contribution is 2.30. The average molecular weight is 252 g/mol. The van der Waals surface area contributed by atoms with E-state index >= 15 is 0 Å². The predicted octanol–water partition coefficient (Wildman–Crippen LogP) is 2.32. The van der Waals surface area contributed by atoms with E-state index in [2.05, 4.69) is 17.6 Å². The number of amides is 1. The van der Waals surface area contributed by atoms with E-state index in [1.54, 1.807) is 0 Å². The highest BCUT2D eigenvalue weighted by Gasteiger charge is 2.22. The molecule has 2 rings (SSSR count). The molecule has 0 saturated heterocycles. The molecule has 0 radical (unpaired) electrons. The van der Waals surface area contributed by atoms with Crippen LogP contribution < -0.4 is 10.6 Å². The zero-order valence-electron chi connectivity index (χ0n) is 11.7. The first-order valence-corrected chi connectivity index (χ1v) is 7.75. The van der Waals surface area contributed by atoms with Crippen LogP contribution in [-0.2, 0) is 4.79 Å². The molecule has 104 valence electrons. The van der Waals surface area contributed by atoms with Gasteiger partial charge in [0, 0.05) is 6.54 Å². The maximum atomic E-state index is 11.5. The predicted molar refractivity (Wildman–Crippen MR) is 74.3 cm³/mol. The summed E-state index contributed by atoms with van der Waals surface area (Å²) in [5.74, 6) is 2.70. The van der Waals surface area contributed by atoms with Crippen molar-refractivity contribution in [2.24, 2.45) is 17.8 Å². The Kier molecular flexibility index (Phi) is 5.48. The molecule has 0 aromatic rings. The minimum Gasteiger partial charge on any atom is -0.355 e. The number of hydrogen-bond acceptors (Lipinski definition) is 2. The molecule has 2 fully saturated rings. The molecular weight excluding hydrogens is 224 g/mol. The largest absolute Gasteiger partial charge is 0.355 e. The van der Waals surface area contributed by atoms with Crippen LogP contribution in [0, 0.1) is 17.8 Å². The van der Waals surface area contributed by atoms with Crippen LogP contribution in [0.5, 0.6) is 0 Å². The van der Waals surface area contributed by atoms with E-state index in [9.17, 15) is 4.79 Å². The van der Waals surface area contributed by atoms with Crippen LogP contribution >= 0.6 is 0 Å². The van der Waals surface area contributed by atoms with Gasteiger partial charge in [0.2, 0.25) is 5.91 Å². The molecule has 0 atom stereocenters. The zero-order chi connectivity index (χ0) is 12.8. The molecule has 0 bridgehead atoms. The number of nitrogens with one attached hydrogen (secondary N) is 2. The van der Waals surface area contributed by atoms with Gasteiger partial charge < -0.3 is 10.6 Å². The summed E-state index contributed by atoms with van der Waals surface area (Å²) in [6.45, 7) is 4.71. The van der Waals surface area contributed by atoms with Crippen molar-refractivity contribution in [2.75, 3.05) is 19.6 Å². The van der Waals surface area contributed by atoms with Gasteiger partial charge in [-0.1, -0.05) is 26.2 Å². The standard InChI is InChI=1S/C15H28N2O/c1-2-12-3-5-13(6-4-12)9-16-11-15(18)17-10-14-7-8-14/h12-14,16H,2-11H2,1H3,(H,17,18). The molecule has 2 aliphatic rings. The molecule has 0 heterocycles. The number of rotatable bonds is 7. The molecule has 2 aliphatic carbocycles. The van der Waals surface area contributed by atoms with Gasteiger partial charge in [-0.05, 0) is 50.0 Å². The highest BCUT2D eigenvalue weighted by molar-refractivity contribution is 5.77. The van der Waals surface area contributed by atoms with Crippen LogP contribution in [0.4, 0.5) is 0 Å². The van der Waals surface area contributed by atoms with Gasteiger partial charge >= 0.3 is 0 Å². The quantitative estimate of drug-likeness (QED) is 0.730. The Hall–Kier alpha value is -0.570. The molecule has 0 aromatic carbocycles. The van der Waals surface area contributed by atoms with E-state index < -0.39 is 0 Å². The van der Waals surface area contributed by atoms with Crippen LogP contribution in [0.15, 0.2) is 0 Å². The Morgan fingerprint density at radius 3 is 2.11 bits per heavy atom. The van der Waals surface area contributed by atoms with Crippen molar-refractivity contribution >= 4 is 5.91 Å². The van der Waals surface area contributed by atoms with Crippen molar-refractivity contribution in [2.45, 2.75) is 51.9 Å². The molecule has 0 spiro atoms. The summed E-state index contributed by atoms with van der Waals surface area (Å²) in [6, 6.07) is 0. The van der Waals surface area contributed by atoms with Gasteiger partial charge in [0.15, 0.2) is 0 Å². The third-order valence-electron chi connectivity index (χ3n) is 4.55. The van der Waals surface area contributed by atoms with E-state index in [0.717, 1.165) is 30.8 Å². The van der Waals surface area contributed by atoms with Crippen molar-refractivity contribution in [3.8, 4) is 0 Å². The Balaban J connectivity index is 1.48. The summed E-state index contributed by atoms with van der Waals surface area (Å²) in [6.07, 6.45) is 9.39. The molecule has 2 saturated carbocycles. The van der Waals surface area contributed by atoms with Gasteiger partial charge in [0.05, 0.1) is 6.54 Å². The lowest BCUT2D eigenvalue weighted by Crippen LogP contribution is -2.37. The number of carbonyl (C=O) groups excluding carboxylic acids is 1. The molecule has 0 aliphatic heterocycles. The summed E-state index contributed by atoms with van der Waals surface area (Å²) in [4.78, 5) is 11.5. The normalized spacial score (nSPS) is 28.1. The lowest BCUT2D eigenvalue weighted by molar-refractivity contribution is -0.120. The van der Waals surface area contributed by atoms with Crippen molar-refractivity contribution in [1.29, 1.82) is 0 Å². The van der Waals surface area contributed by atoms with Crippen LogP contribution in [-0.4, -0.2) is 25.5 Å². The second-order valence-corrected chi connectivity index (χ2v) is 6.17. The van der Waals surface area contributed by atoms with Crippen molar-refractivity contribution in [3.05, 3.63) is 0 Å². The van der Waals surface area contributed by atoms with Crippen LogP contribution in [0.3, 0.4) is 0 Å². The van der Waals surface area contributed by atoms with Crippen LogP contribution in [0.1, 0.15) is 51.9 Å². The fourth-order valence-corrected chi connectivity index (χ4v) is 2.88. The number of hydrogen-bond donors (Lipinski definition) is 2. The van der Waals surface area contributed by atoms with E-state index in [0.29, 0.717) is 6.54 Å². The SMILES string of the molecule is CCC1CCC(CNCC(=O)NCC2CC2)CC1. The first kappa shape index (κ1) is 13.9.